The van der Waals surface area contributed by atoms with Crippen molar-refractivity contribution in [3.63, 3.8) is 0 Å². The second-order valence-corrected chi connectivity index (χ2v) is 4.46. The molecule has 0 atom stereocenters. The molecule has 2 nitrogen and oxygen atoms in total. The molecule has 2 aromatic rings. The lowest BCUT2D eigenvalue weighted by Crippen LogP contribution is -1.98. The van der Waals surface area contributed by atoms with E-state index >= 15 is 0 Å². The molecule has 0 amide bonds. The van der Waals surface area contributed by atoms with Gasteiger partial charge in [0, 0.05) is 6.42 Å². The Morgan fingerprint density at radius 3 is 2.56 bits per heavy atom. The summed E-state index contributed by atoms with van der Waals surface area (Å²) in [6, 6.07) is 11.4. The minimum absolute atomic E-state index is 0.0105. The smallest absolute Gasteiger partial charge is 0.176 e. The maximum absolute atomic E-state index is 11.8. The van der Waals surface area contributed by atoms with E-state index in [2.05, 4.69) is 0 Å². The van der Waals surface area contributed by atoms with Crippen LogP contribution in [0.5, 0.6) is 5.75 Å². The lowest BCUT2D eigenvalue weighted by atomic mass is 10.1. The van der Waals surface area contributed by atoms with Crippen LogP contribution < -0.4 is 0 Å². The fraction of sp³-hybridized carbons (Fsp3) is 0.154. The topological polar surface area (TPSA) is 37.3 Å². The number of Topliss-reactive ketones (excluding diaryl/α,β-unsaturated/α-hetero) is 1. The molecule has 1 heterocycles. The van der Waals surface area contributed by atoms with E-state index in [-0.39, 0.29) is 11.5 Å². The van der Waals surface area contributed by atoms with Crippen LogP contribution in [0.2, 0.25) is 0 Å². The summed E-state index contributed by atoms with van der Waals surface area (Å²) in [7, 11) is 0. The van der Waals surface area contributed by atoms with E-state index in [1.807, 2.05) is 30.3 Å². The van der Waals surface area contributed by atoms with Gasteiger partial charge >= 0.3 is 0 Å². The van der Waals surface area contributed by atoms with Crippen molar-refractivity contribution < 1.29 is 9.90 Å². The highest BCUT2D eigenvalue weighted by Crippen LogP contribution is 2.24. The van der Waals surface area contributed by atoms with Gasteiger partial charge in [-0.25, -0.2) is 0 Å². The molecule has 2 rings (SSSR count). The molecule has 0 saturated heterocycles. The average molecular weight is 232 g/mol. The van der Waals surface area contributed by atoms with Crippen molar-refractivity contribution in [1.82, 2.24) is 0 Å². The van der Waals surface area contributed by atoms with E-state index < -0.39 is 0 Å². The number of carbonyl (C=O) groups is 1. The van der Waals surface area contributed by atoms with Crippen molar-refractivity contribution in [2.45, 2.75) is 12.8 Å². The Balaban J connectivity index is 1.97. The highest BCUT2D eigenvalue weighted by Gasteiger charge is 2.12. The van der Waals surface area contributed by atoms with Gasteiger partial charge in [-0.05, 0) is 23.4 Å². The summed E-state index contributed by atoms with van der Waals surface area (Å²) in [4.78, 5) is 12.2. The van der Waals surface area contributed by atoms with Gasteiger partial charge in [-0.3, -0.25) is 4.79 Å². The summed E-state index contributed by atoms with van der Waals surface area (Å²) in [6.45, 7) is 0. The zero-order valence-corrected chi connectivity index (χ0v) is 9.54. The lowest BCUT2D eigenvalue weighted by Gasteiger charge is -2.00. The van der Waals surface area contributed by atoms with Crippen LogP contribution in [0, 0.1) is 0 Å². The van der Waals surface area contributed by atoms with Crippen LogP contribution in [-0.2, 0) is 6.42 Å². The molecule has 16 heavy (non-hydrogen) atoms. The Morgan fingerprint density at radius 2 is 1.94 bits per heavy atom. The van der Waals surface area contributed by atoms with Gasteiger partial charge in [-0.1, -0.05) is 30.3 Å². The Labute approximate surface area is 98.2 Å². The molecule has 1 aromatic carbocycles. The molecule has 1 N–H and O–H groups in total. The van der Waals surface area contributed by atoms with Crippen LogP contribution in [0.4, 0.5) is 0 Å². The van der Waals surface area contributed by atoms with Crippen LogP contribution in [0.1, 0.15) is 21.7 Å². The number of aromatic hydroxyl groups is 1. The molecular formula is C13H12O2S. The van der Waals surface area contributed by atoms with Gasteiger partial charge in [0.2, 0.25) is 0 Å². The zero-order valence-electron chi connectivity index (χ0n) is 8.72. The van der Waals surface area contributed by atoms with Crippen molar-refractivity contribution in [1.29, 1.82) is 0 Å². The molecule has 0 saturated carbocycles. The number of aryl methyl sites for hydroxylation is 1. The number of benzene rings is 1. The summed E-state index contributed by atoms with van der Waals surface area (Å²) < 4.78 is 0. The largest absolute Gasteiger partial charge is 0.506 e. The number of ketones is 1. The fourth-order valence-corrected chi connectivity index (χ4v) is 2.28. The second kappa shape index (κ2) is 4.94. The van der Waals surface area contributed by atoms with Gasteiger partial charge in [0.15, 0.2) is 5.78 Å². The SMILES string of the molecule is O=C(CCc1ccccc1)c1sccc1O. The molecule has 0 unspecified atom stereocenters. The van der Waals surface area contributed by atoms with Crippen molar-refractivity contribution in [2.24, 2.45) is 0 Å². The summed E-state index contributed by atoms with van der Waals surface area (Å²) in [6.07, 6.45) is 1.16. The first-order chi connectivity index (χ1) is 7.77. The number of thiophene rings is 1. The zero-order chi connectivity index (χ0) is 11.4. The van der Waals surface area contributed by atoms with Crippen LogP contribution in [-0.4, -0.2) is 10.9 Å². The molecule has 0 radical (unpaired) electrons. The fourth-order valence-electron chi connectivity index (χ4n) is 1.53. The first kappa shape index (κ1) is 10.9. The number of rotatable bonds is 4. The second-order valence-electron chi connectivity index (χ2n) is 3.54. The predicted octanol–water partition coefficient (Wildman–Crippen LogP) is 3.27. The molecule has 0 aliphatic carbocycles. The van der Waals surface area contributed by atoms with E-state index in [0.717, 1.165) is 12.0 Å². The maximum Gasteiger partial charge on any atom is 0.176 e. The normalized spacial score (nSPS) is 10.2. The molecule has 0 fully saturated rings. The Bertz CT molecular complexity index is 474. The molecule has 0 aliphatic heterocycles. The van der Waals surface area contributed by atoms with Crippen molar-refractivity contribution >= 4 is 17.1 Å². The molecular weight excluding hydrogens is 220 g/mol. The van der Waals surface area contributed by atoms with E-state index in [4.69, 9.17) is 0 Å². The van der Waals surface area contributed by atoms with Gasteiger partial charge < -0.3 is 5.11 Å². The summed E-state index contributed by atoms with van der Waals surface area (Å²) in [5.74, 6) is 0.111. The van der Waals surface area contributed by atoms with Gasteiger partial charge in [0.25, 0.3) is 0 Å². The highest BCUT2D eigenvalue weighted by atomic mass is 32.1. The van der Waals surface area contributed by atoms with Crippen LogP contribution in [0.3, 0.4) is 0 Å². The van der Waals surface area contributed by atoms with E-state index in [1.54, 1.807) is 11.4 Å². The third kappa shape index (κ3) is 2.49. The number of carbonyl (C=O) groups excluding carboxylic acids is 1. The van der Waals surface area contributed by atoms with E-state index in [9.17, 15) is 9.90 Å². The molecule has 82 valence electrons. The van der Waals surface area contributed by atoms with Crippen LogP contribution >= 0.6 is 11.3 Å². The minimum atomic E-state index is 0.0105. The van der Waals surface area contributed by atoms with E-state index in [1.165, 1.54) is 11.3 Å². The summed E-state index contributed by atoms with van der Waals surface area (Å²) in [5.41, 5.74) is 1.15. The first-order valence-corrected chi connectivity index (χ1v) is 5.99. The number of hydrogen-bond acceptors (Lipinski definition) is 3. The quantitative estimate of drug-likeness (QED) is 0.821. The first-order valence-electron chi connectivity index (χ1n) is 5.11. The van der Waals surface area contributed by atoms with Gasteiger partial charge in [-0.2, -0.15) is 0 Å². The Kier molecular flexibility index (Phi) is 3.37. The summed E-state index contributed by atoms with van der Waals surface area (Å²) >= 11 is 1.29. The van der Waals surface area contributed by atoms with Crippen LogP contribution in [0.25, 0.3) is 0 Å². The predicted molar refractivity (Wildman–Crippen MR) is 65.1 cm³/mol. The molecule has 0 spiro atoms. The van der Waals surface area contributed by atoms with Crippen molar-refractivity contribution in [2.75, 3.05) is 0 Å². The summed E-state index contributed by atoms with van der Waals surface area (Å²) in [5, 5.41) is 11.1. The Hall–Kier alpha value is -1.61. The Morgan fingerprint density at radius 1 is 1.19 bits per heavy atom. The van der Waals surface area contributed by atoms with Gasteiger partial charge in [0.1, 0.15) is 10.6 Å². The number of hydrogen-bond donors (Lipinski definition) is 1. The maximum atomic E-state index is 11.8. The molecule has 0 bridgehead atoms. The third-order valence-corrected chi connectivity index (χ3v) is 3.33. The van der Waals surface area contributed by atoms with E-state index in [0.29, 0.717) is 11.3 Å². The van der Waals surface area contributed by atoms with Crippen molar-refractivity contribution in [3.8, 4) is 5.75 Å². The molecule has 0 aliphatic rings. The van der Waals surface area contributed by atoms with Gasteiger partial charge in [0.05, 0.1) is 0 Å². The lowest BCUT2D eigenvalue weighted by molar-refractivity contribution is 0.0984. The molecule has 1 aromatic heterocycles. The molecule has 3 heteroatoms. The minimum Gasteiger partial charge on any atom is -0.506 e. The van der Waals surface area contributed by atoms with Crippen molar-refractivity contribution in [3.05, 3.63) is 52.2 Å². The van der Waals surface area contributed by atoms with Crippen LogP contribution in [0.15, 0.2) is 41.8 Å². The average Bonchev–Trinajstić information content (AvgIpc) is 2.74. The van der Waals surface area contributed by atoms with Gasteiger partial charge in [-0.15, -0.1) is 11.3 Å². The monoisotopic (exact) mass is 232 g/mol. The standard InChI is InChI=1S/C13H12O2S/c14-11(13-12(15)8-9-16-13)7-6-10-4-2-1-3-5-10/h1-5,8-9,15H,6-7H2. The highest BCUT2D eigenvalue weighted by molar-refractivity contribution is 7.12. The third-order valence-electron chi connectivity index (χ3n) is 2.38.